The van der Waals surface area contributed by atoms with Crippen molar-refractivity contribution in [3.05, 3.63) is 29.8 Å². The second kappa shape index (κ2) is 8.73. The van der Waals surface area contributed by atoms with E-state index >= 15 is 0 Å². The van der Waals surface area contributed by atoms with Crippen LogP contribution in [0.5, 0.6) is 5.75 Å². The summed E-state index contributed by atoms with van der Waals surface area (Å²) in [6.07, 6.45) is 0.672. The molecule has 1 rings (SSSR count). The Morgan fingerprint density at radius 3 is 2.52 bits per heavy atom. The van der Waals surface area contributed by atoms with Gasteiger partial charge < -0.3 is 14.8 Å². The van der Waals surface area contributed by atoms with Gasteiger partial charge in [-0.3, -0.25) is 9.59 Å². The highest BCUT2D eigenvalue weighted by molar-refractivity contribution is 5.83. The Morgan fingerprint density at radius 2 is 1.95 bits per heavy atom. The summed E-state index contributed by atoms with van der Waals surface area (Å²) in [5, 5.41) is 2.63. The number of carbonyl (C=O) groups excluding carboxylic acids is 3. The fraction of sp³-hybridized carbons (Fsp3) is 0.400. The molecule has 0 saturated carbocycles. The summed E-state index contributed by atoms with van der Waals surface area (Å²) in [7, 11) is 0. The Kier molecular flexibility index (Phi) is 6.94. The van der Waals surface area contributed by atoms with Crippen LogP contribution in [0.3, 0.4) is 0 Å². The van der Waals surface area contributed by atoms with Gasteiger partial charge in [-0.2, -0.15) is 0 Å². The number of ether oxygens (including phenoxy) is 2. The summed E-state index contributed by atoms with van der Waals surface area (Å²) in [5.74, 6) is -0.519. The van der Waals surface area contributed by atoms with Crippen LogP contribution in [0, 0.1) is 0 Å². The van der Waals surface area contributed by atoms with Crippen molar-refractivity contribution in [3.63, 3.8) is 0 Å². The van der Waals surface area contributed by atoms with Crippen LogP contribution in [0.4, 0.5) is 0 Å². The van der Waals surface area contributed by atoms with Gasteiger partial charge in [-0.05, 0) is 37.6 Å². The zero-order valence-corrected chi connectivity index (χ0v) is 12.1. The number of hydrogen-bond acceptors (Lipinski definition) is 5. The molecule has 21 heavy (non-hydrogen) atoms. The smallest absolute Gasteiger partial charge is 0.344 e. The maximum Gasteiger partial charge on any atom is 0.344 e. The quantitative estimate of drug-likeness (QED) is 0.577. The molecular formula is C15H19NO5. The number of benzene rings is 1. The number of nitrogens with one attached hydrogen (secondary N) is 1. The molecule has 6 nitrogen and oxygen atoms in total. The molecule has 0 aliphatic rings. The Morgan fingerprint density at radius 1 is 1.29 bits per heavy atom. The van der Waals surface area contributed by atoms with Gasteiger partial charge in [-0.25, -0.2) is 4.79 Å². The van der Waals surface area contributed by atoms with E-state index in [1.807, 2.05) is 6.92 Å². The van der Waals surface area contributed by atoms with Gasteiger partial charge in [0.1, 0.15) is 12.0 Å². The van der Waals surface area contributed by atoms with Gasteiger partial charge in [0.05, 0.1) is 0 Å². The normalized spacial score (nSPS) is 11.3. The summed E-state index contributed by atoms with van der Waals surface area (Å²) in [5.41, 5.74) is 0.520. The minimum atomic E-state index is -0.856. The molecule has 0 spiro atoms. The monoisotopic (exact) mass is 293 g/mol. The second-order valence-corrected chi connectivity index (χ2v) is 4.40. The summed E-state index contributed by atoms with van der Waals surface area (Å²) in [4.78, 5) is 33.6. The fourth-order valence-corrected chi connectivity index (χ4v) is 1.46. The van der Waals surface area contributed by atoms with Crippen LogP contribution in [0.15, 0.2) is 24.3 Å². The SMILES string of the molecule is CCCNC(=O)[C@@H](C)OC(=O)COc1ccc(C=O)cc1. The van der Waals surface area contributed by atoms with Crippen molar-refractivity contribution in [2.45, 2.75) is 26.4 Å². The highest BCUT2D eigenvalue weighted by atomic mass is 16.6. The second-order valence-electron chi connectivity index (χ2n) is 4.40. The number of esters is 1. The van der Waals surface area contributed by atoms with Crippen molar-refractivity contribution in [1.29, 1.82) is 0 Å². The lowest BCUT2D eigenvalue weighted by molar-refractivity contribution is -0.156. The predicted octanol–water partition coefficient (Wildman–Crippen LogP) is 1.34. The fourth-order valence-electron chi connectivity index (χ4n) is 1.46. The van der Waals surface area contributed by atoms with E-state index < -0.39 is 12.1 Å². The molecule has 1 atom stereocenters. The number of hydrogen-bond donors (Lipinski definition) is 1. The molecule has 0 fully saturated rings. The minimum absolute atomic E-state index is 0.300. The van der Waals surface area contributed by atoms with E-state index in [0.717, 1.165) is 6.42 Å². The minimum Gasteiger partial charge on any atom is -0.482 e. The molecule has 1 aromatic carbocycles. The topological polar surface area (TPSA) is 81.7 Å². The first-order chi connectivity index (χ1) is 10.1. The van der Waals surface area contributed by atoms with E-state index in [4.69, 9.17) is 9.47 Å². The molecule has 0 radical (unpaired) electrons. The molecule has 0 bridgehead atoms. The van der Waals surface area contributed by atoms with Crippen molar-refractivity contribution in [1.82, 2.24) is 5.32 Å². The average Bonchev–Trinajstić information content (AvgIpc) is 2.50. The van der Waals surface area contributed by atoms with Gasteiger partial charge in [0, 0.05) is 12.1 Å². The van der Waals surface area contributed by atoms with E-state index in [9.17, 15) is 14.4 Å². The average molecular weight is 293 g/mol. The zero-order chi connectivity index (χ0) is 15.7. The molecule has 0 aliphatic heterocycles. The Balaban J connectivity index is 2.35. The van der Waals surface area contributed by atoms with Crippen LogP contribution in [0.25, 0.3) is 0 Å². The van der Waals surface area contributed by atoms with E-state index in [0.29, 0.717) is 24.1 Å². The van der Waals surface area contributed by atoms with Crippen LogP contribution in [-0.2, 0) is 14.3 Å². The van der Waals surface area contributed by atoms with E-state index in [1.165, 1.54) is 6.92 Å². The lowest BCUT2D eigenvalue weighted by Crippen LogP contribution is -2.37. The standard InChI is InChI=1S/C15H19NO5/c1-3-8-16-15(19)11(2)21-14(18)10-20-13-6-4-12(9-17)5-7-13/h4-7,9,11H,3,8,10H2,1-2H3,(H,16,19)/t11-/m1/s1. The molecule has 1 amide bonds. The van der Waals surface area contributed by atoms with Crippen molar-refractivity contribution >= 4 is 18.2 Å². The highest BCUT2D eigenvalue weighted by Crippen LogP contribution is 2.11. The maximum atomic E-state index is 11.5. The van der Waals surface area contributed by atoms with Gasteiger partial charge >= 0.3 is 5.97 Å². The van der Waals surface area contributed by atoms with Crippen molar-refractivity contribution in [2.75, 3.05) is 13.2 Å². The zero-order valence-electron chi connectivity index (χ0n) is 12.1. The lowest BCUT2D eigenvalue weighted by Gasteiger charge is -2.13. The molecule has 1 N–H and O–H groups in total. The molecule has 0 aromatic heterocycles. The first-order valence-corrected chi connectivity index (χ1v) is 6.72. The molecule has 1 aromatic rings. The van der Waals surface area contributed by atoms with E-state index in [-0.39, 0.29) is 12.5 Å². The summed E-state index contributed by atoms with van der Waals surface area (Å²) in [6, 6.07) is 6.31. The Bertz CT molecular complexity index is 483. The van der Waals surface area contributed by atoms with Crippen LogP contribution in [-0.4, -0.2) is 37.4 Å². The van der Waals surface area contributed by atoms with E-state index in [1.54, 1.807) is 24.3 Å². The van der Waals surface area contributed by atoms with Crippen molar-refractivity contribution < 1.29 is 23.9 Å². The van der Waals surface area contributed by atoms with Gasteiger partial charge in [-0.15, -0.1) is 0 Å². The summed E-state index contributed by atoms with van der Waals surface area (Å²) >= 11 is 0. The number of rotatable bonds is 8. The lowest BCUT2D eigenvalue weighted by atomic mass is 10.2. The largest absolute Gasteiger partial charge is 0.482 e. The first kappa shape index (κ1) is 16.7. The van der Waals surface area contributed by atoms with Crippen LogP contribution in [0.1, 0.15) is 30.6 Å². The van der Waals surface area contributed by atoms with Gasteiger partial charge in [-0.1, -0.05) is 6.92 Å². The van der Waals surface area contributed by atoms with Crippen LogP contribution < -0.4 is 10.1 Å². The van der Waals surface area contributed by atoms with Crippen LogP contribution in [0.2, 0.25) is 0 Å². The summed E-state index contributed by atoms with van der Waals surface area (Å²) in [6.45, 7) is 3.68. The van der Waals surface area contributed by atoms with Gasteiger partial charge in [0.2, 0.25) is 0 Å². The third kappa shape index (κ3) is 6.07. The predicted molar refractivity (Wildman–Crippen MR) is 76.2 cm³/mol. The van der Waals surface area contributed by atoms with Gasteiger partial charge in [0.25, 0.3) is 5.91 Å². The molecule has 114 valence electrons. The van der Waals surface area contributed by atoms with Crippen LogP contribution >= 0.6 is 0 Å². The number of carbonyl (C=O) groups is 3. The summed E-state index contributed by atoms with van der Waals surface area (Å²) < 4.78 is 10.2. The molecule has 0 saturated heterocycles. The molecular weight excluding hydrogens is 274 g/mol. The Labute approximate surface area is 123 Å². The molecule has 0 unspecified atom stereocenters. The maximum absolute atomic E-state index is 11.5. The number of aldehydes is 1. The number of amides is 1. The van der Waals surface area contributed by atoms with Crippen molar-refractivity contribution in [2.24, 2.45) is 0 Å². The highest BCUT2D eigenvalue weighted by Gasteiger charge is 2.17. The molecule has 0 heterocycles. The molecule has 6 heteroatoms. The molecule has 0 aliphatic carbocycles. The van der Waals surface area contributed by atoms with E-state index in [2.05, 4.69) is 5.32 Å². The van der Waals surface area contributed by atoms with Crippen molar-refractivity contribution in [3.8, 4) is 5.75 Å². The Hall–Kier alpha value is -2.37. The first-order valence-electron chi connectivity index (χ1n) is 6.72. The third-order valence-corrected chi connectivity index (χ3v) is 2.60. The third-order valence-electron chi connectivity index (χ3n) is 2.60. The van der Waals surface area contributed by atoms with Gasteiger partial charge in [0.15, 0.2) is 12.7 Å².